The molecule has 2 unspecified atom stereocenters. The van der Waals surface area contributed by atoms with E-state index >= 15 is 0 Å². The molecule has 0 aromatic heterocycles. The topological polar surface area (TPSA) is 9.23 Å². The van der Waals surface area contributed by atoms with E-state index in [-0.39, 0.29) is 5.60 Å². The van der Waals surface area contributed by atoms with Gasteiger partial charge in [-0.1, -0.05) is 20.8 Å². The molecule has 4 aliphatic rings. The molecule has 2 aliphatic heterocycles. The molecule has 2 saturated heterocycles. The lowest BCUT2D eigenvalue weighted by molar-refractivity contribution is -0.191. The van der Waals surface area contributed by atoms with Crippen molar-refractivity contribution in [1.29, 1.82) is 0 Å². The Balaban J connectivity index is 1.86. The van der Waals surface area contributed by atoms with Gasteiger partial charge in [0.2, 0.25) is 0 Å². The third-order valence-corrected chi connectivity index (χ3v) is 6.25. The van der Waals surface area contributed by atoms with Gasteiger partial charge >= 0.3 is 0 Å². The predicted octanol–water partition coefficient (Wildman–Crippen LogP) is 4.02. The number of hydrogen-bond acceptors (Lipinski definition) is 1. The summed E-state index contributed by atoms with van der Waals surface area (Å²) in [4.78, 5) is 0. The lowest BCUT2D eigenvalue weighted by Gasteiger charge is -2.53. The Morgan fingerprint density at radius 1 is 1.00 bits per heavy atom. The molecule has 2 aliphatic carbocycles. The van der Waals surface area contributed by atoms with Crippen molar-refractivity contribution in [2.24, 2.45) is 23.2 Å². The molecule has 0 aromatic rings. The van der Waals surface area contributed by atoms with Gasteiger partial charge in [-0.3, -0.25) is 0 Å². The second kappa shape index (κ2) is 3.48. The minimum Gasteiger partial charge on any atom is -0.374 e. The van der Waals surface area contributed by atoms with Crippen molar-refractivity contribution in [2.75, 3.05) is 6.61 Å². The summed E-state index contributed by atoms with van der Waals surface area (Å²) in [6, 6.07) is 0. The first kappa shape index (κ1) is 11.1. The van der Waals surface area contributed by atoms with E-state index in [9.17, 15) is 0 Å². The molecule has 16 heavy (non-hydrogen) atoms. The number of rotatable bonds is 1. The molecule has 0 aromatic carbocycles. The van der Waals surface area contributed by atoms with Gasteiger partial charge in [-0.15, -0.1) is 0 Å². The fourth-order valence-corrected chi connectivity index (χ4v) is 4.66. The van der Waals surface area contributed by atoms with Gasteiger partial charge in [0.15, 0.2) is 0 Å². The fraction of sp³-hybridized carbons (Fsp3) is 1.00. The van der Waals surface area contributed by atoms with Gasteiger partial charge in [-0.05, 0) is 61.7 Å². The van der Waals surface area contributed by atoms with Crippen LogP contribution in [0.25, 0.3) is 0 Å². The van der Waals surface area contributed by atoms with Crippen LogP contribution >= 0.6 is 0 Å². The monoisotopic (exact) mass is 222 g/mol. The largest absolute Gasteiger partial charge is 0.374 e. The van der Waals surface area contributed by atoms with E-state index in [0.29, 0.717) is 5.41 Å². The molecule has 2 atom stereocenters. The molecule has 1 nitrogen and oxygen atoms in total. The van der Waals surface area contributed by atoms with E-state index in [2.05, 4.69) is 20.8 Å². The summed E-state index contributed by atoms with van der Waals surface area (Å²) in [6.45, 7) is 8.45. The minimum absolute atomic E-state index is 0.281. The van der Waals surface area contributed by atoms with Crippen LogP contribution in [0.3, 0.4) is 0 Å². The Morgan fingerprint density at radius 2 is 1.69 bits per heavy atom. The van der Waals surface area contributed by atoms with Gasteiger partial charge in [-0.2, -0.15) is 0 Å². The van der Waals surface area contributed by atoms with Crippen LogP contribution in [0.1, 0.15) is 59.3 Å². The summed E-state index contributed by atoms with van der Waals surface area (Å²) in [5.41, 5.74) is 0.771. The van der Waals surface area contributed by atoms with Gasteiger partial charge in [0, 0.05) is 0 Å². The van der Waals surface area contributed by atoms with Gasteiger partial charge in [0.25, 0.3) is 0 Å². The molecular weight excluding hydrogens is 196 g/mol. The lowest BCUT2D eigenvalue weighted by Crippen LogP contribution is -2.53. The first-order valence-electron chi connectivity index (χ1n) is 7.18. The maximum atomic E-state index is 6.33. The highest BCUT2D eigenvalue weighted by molar-refractivity contribution is 5.05. The fourth-order valence-electron chi connectivity index (χ4n) is 4.66. The van der Waals surface area contributed by atoms with Crippen molar-refractivity contribution in [3.63, 3.8) is 0 Å². The first-order chi connectivity index (χ1) is 7.55. The van der Waals surface area contributed by atoms with Crippen LogP contribution in [0.15, 0.2) is 0 Å². The zero-order chi connectivity index (χ0) is 11.4. The molecule has 92 valence electrons. The van der Waals surface area contributed by atoms with E-state index in [0.717, 1.165) is 24.4 Å². The maximum absolute atomic E-state index is 6.33. The third-order valence-electron chi connectivity index (χ3n) is 6.25. The average Bonchev–Trinajstić information content (AvgIpc) is 2.57. The molecule has 4 fully saturated rings. The average molecular weight is 222 g/mol. The SMILES string of the molecule is CC1CCC(C23CCC(CC2)CO3)C1(C)C. The van der Waals surface area contributed by atoms with Crippen LogP contribution in [0.4, 0.5) is 0 Å². The number of fused-ring (bicyclic) bond motifs is 3. The molecule has 2 bridgehead atoms. The Labute approximate surface area is 99.9 Å². The Bertz CT molecular complexity index is 259. The predicted molar refractivity (Wildman–Crippen MR) is 66.3 cm³/mol. The van der Waals surface area contributed by atoms with Crippen molar-refractivity contribution < 1.29 is 4.74 Å². The molecule has 2 heterocycles. The Hall–Kier alpha value is -0.0400. The lowest BCUT2D eigenvalue weighted by atomic mass is 9.61. The Kier molecular flexibility index (Phi) is 2.41. The molecule has 2 saturated carbocycles. The summed E-state index contributed by atoms with van der Waals surface area (Å²) in [5, 5.41) is 0. The minimum atomic E-state index is 0.281. The van der Waals surface area contributed by atoms with Crippen LogP contribution in [-0.2, 0) is 4.74 Å². The third kappa shape index (κ3) is 1.40. The van der Waals surface area contributed by atoms with Crippen LogP contribution in [-0.4, -0.2) is 12.2 Å². The van der Waals surface area contributed by atoms with E-state index < -0.39 is 0 Å². The second-order valence-electron chi connectivity index (χ2n) is 7.17. The smallest absolute Gasteiger partial charge is 0.0716 e. The van der Waals surface area contributed by atoms with Gasteiger partial charge in [-0.25, -0.2) is 0 Å². The molecule has 4 rings (SSSR count). The van der Waals surface area contributed by atoms with Crippen molar-refractivity contribution >= 4 is 0 Å². The summed E-state index contributed by atoms with van der Waals surface area (Å²) < 4.78 is 6.33. The van der Waals surface area contributed by atoms with Crippen LogP contribution < -0.4 is 0 Å². The first-order valence-corrected chi connectivity index (χ1v) is 7.18. The quantitative estimate of drug-likeness (QED) is 0.651. The van der Waals surface area contributed by atoms with Crippen molar-refractivity contribution in [2.45, 2.75) is 64.9 Å². The summed E-state index contributed by atoms with van der Waals surface area (Å²) >= 11 is 0. The number of hydrogen-bond donors (Lipinski definition) is 0. The van der Waals surface area contributed by atoms with E-state index in [1.165, 1.54) is 38.5 Å². The normalized spacial score (nSPS) is 50.8. The van der Waals surface area contributed by atoms with Gasteiger partial charge < -0.3 is 4.74 Å². The molecule has 0 amide bonds. The van der Waals surface area contributed by atoms with Gasteiger partial charge in [0.1, 0.15) is 0 Å². The zero-order valence-electron chi connectivity index (χ0n) is 11.1. The highest BCUT2D eigenvalue weighted by Gasteiger charge is 2.55. The highest BCUT2D eigenvalue weighted by atomic mass is 16.5. The standard InChI is InChI=1S/C15H26O/c1-11-4-5-13(14(11,2)3)15-8-6-12(7-9-15)10-16-15/h11-13H,4-10H2,1-3H3. The van der Waals surface area contributed by atoms with Crippen LogP contribution in [0.5, 0.6) is 0 Å². The second-order valence-corrected chi connectivity index (χ2v) is 7.17. The molecular formula is C15H26O. The molecule has 1 heteroatoms. The number of ether oxygens (including phenoxy) is 1. The highest BCUT2D eigenvalue weighted by Crippen LogP contribution is 2.58. The molecule has 0 spiro atoms. The Morgan fingerprint density at radius 3 is 2.12 bits per heavy atom. The molecule has 0 N–H and O–H groups in total. The van der Waals surface area contributed by atoms with Crippen molar-refractivity contribution in [1.82, 2.24) is 0 Å². The van der Waals surface area contributed by atoms with E-state index in [1.54, 1.807) is 0 Å². The van der Waals surface area contributed by atoms with Gasteiger partial charge in [0.05, 0.1) is 12.2 Å². The summed E-state index contributed by atoms with van der Waals surface area (Å²) in [7, 11) is 0. The van der Waals surface area contributed by atoms with Crippen molar-refractivity contribution in [3.8, 4) is 0 Å². The van der Waals surface area contributed by atoms with Crippen LogP contribution in [0, 0.1) is 23.2 Å². The summed E-state index contributed by atoms with van der Waals surface area (Å²) in [5.74, 6) is 2.58. The molecule has 0 radical (unpaired) electrons. The zero-order valence-corrected chi connectivity index (χ0v) is 11.1. The van der Waals surface area contributed by atoms with E-state index in [1.807, 2.05) is 0 Å². The summed E-state index contributed by atoms with van der Waals surface area (Å²) in [6.07, 6.45) is 8.37. The van der Waals surface area contributed by atoms with Crippen LogP contribution in [0.2, 0.25) is 0 Å². The van der Waals surface area contributed by atoms with Crippen molar-refractivity contribution in [3.05, 3.63) is 0 Å². The maximum Gasteiger partial charge on any atom is 0.0716 e. The van der Waals surface area contributed by atoms with E-state index in [4.69, 9.17) is 4.74 Å².